The number of hydrogen-bond donors (Lipinski definition) is 1. The molecule has 3 rings (SSSR count). The van der Waals surface area contributed by atoms with E-state index in [1.54, 1.807) is 7.11 Å². The summed E-state index contributed by atoms with van der Waals surface area (Å²) in [5.74, 6) is 1.00. The predicted octanol–water partition coefficient (Wildman–Crippen LogP) is 4.57. The van der Waals surface area contributed by atoms with Crippen LogP contribution in [0.2, 0.25) is 0 Å². The van der Waals surface area contributed by atoms with Crippen LogP contribution < -0.4 is 10.1 Å². The van der Waals surface area contributed by atoms with Crippen molar-refractivity contribution in [2.75, 3.05) is 33.4 Å². The molecule has 1 aliphatic heterocycles. The number of morpholine rings is 1. The second-order valence-corrected chi connectivity index (χ2v) is 7.46. The zero-order valence-corrected chi connectivity index (χ0v) is 18.2. The quantitative estimate of drug-likeness (QED) is 0.732. The van der Waals surface area contributed by atoms with E-state index in [-0.39, 0.29) is 24.8 Å². The average molecular weight is 419 g/mol. The molecule has 0 unspecified atom stereocenters. The third-order valence-electron chi connectivity index (χ3n) is 5.54. The lowest BCUT2D eigenvalue weighted by Crippen LogP contribution is -2.35. The fourth-order valence-corrected chi connectivity index (χ4v) is 3.99. The molecule has 0 radical (unpaired) electrons. The minimum atomic E-state index is 0. The molecule has 1 saturated carbocycles. The topological polar surface area (TPSA) is 33.7 Å². The Bertz CT molecular complexity index is 517. The summed E-state index contributed by atoms with van der Waals surface area (Å²) in [5.41, 5.74) is 2.66. The van der Waals surface area contributed by atoms with Crippen molar-refractivity contribution < 1.29 is 9.47 Å². The fourth-order valence-electron chi connectivity index (χ4n) is 3.99. The highest BCUT2D eigenvalue weighted by atomic mass is 35.5. The van der Waals surface area contributed by atoms with Gasteiger partial charge < -0.3 is 14.8 Å². The summed E-state index contributed by atoms with van der Waals surface area (Å²) >= 11 is 0. The SMILES string of the molecule is COc1ccc(CNC2CCCCCCC2)cc1CN1CCOCC1.Cl.Cl. The zero-order valence-electron chi connectivity index (χ0n) is 16.6. The third-order valence-corrected chi connectivity index (χ3v) is 5.54. The molecular formula is C21H36Cl2N2O2. The Hall–Kier alpha value is -0.520. The van der Waals surface area contributed by atoms with Crippen molar-refractivity contribution in [1.29, 1.82) is 0 Å². The van der Waals surface area contributed by atoms with Gasteiger partial charge in [0, 0.05) is 37.8 Å². The summed E-state index contributed by atoms with van der Waals surface area (Å²) in [6, 6.07) is 7.34. The Morgan fingerprint density at radius 3 is 2.37 bits per heavy atom. The van der Waals surface area contributed by atoms with Crippen LogP contribution in [-0.4, -0.2) is 44.4 Å². The van der Waals surface area contributed by atoms with E-state index < -0.39 is 0 Å². The molecular weight excluding hydrogens is 383 g/mol. The molecule has 0 bridgehead atoms. The number of nitrogens with one attached hydrogen (secondary N) is 1. The maximum absolute atomic E-state index is 5.59. The summed E-state index contributed by atoms with van der Waals surface area (Å²) in [6.07, 6.45) is 9.66. The number of ether oxygens (including phenoxy) is 2. The summed E-state index contributed by atoms with van der Waals surface area (Å²) in [7, 11) is 1.77. The van der Waals surface area contributed by atoms with Crippen LogP contribution in [0.25, 0.3) is 0 Å². The maximum atomic E-state index is 5.59. The van der Waals surface area contributed by atoms with Crippen molar-refractivity contribution in [3.8, 4) is 5.75 Å². The molecule has 6 heteroatoms. The molecule has 0 aromatic heterocycles. The standard InChI is InChI=1S/C21H34N2O2.2ClH/c1-24-21-10-9-18(15-19(21)17-23-11-13-25-14-12-23)16-22-20-7-5-3-2-4-6-8-20;;/h9-10,15,20,22H,2-8,11-14,16-17H2,1H3;2*1H. The molecule has 0 atom stereocenters. The highest BCUT2D eigenvalue weighted by Crippen LogP contribution is 2.23. The summed E-state index contributed by atoms with van der Waals surface area (Å²) < 4.78 is 11.0. The smallest absolute Gasteiger partial charge is 0.123 e. The largest absolute Gasteiger partial charge is 0.496 e. The number of halogens is 2. The molecule has 2 fully saturated rings. The summed E-state index contributed by atoms with van der Waals surface area (Å²) in [5, 5.41) is 3.80. The van der Waals surface area contributed by atoms with Crippen molar-refractivity contribution in [3.05, 3.63) is 29.3 Å². The van der Waals surface area contributed by atoms with E-state index in [1.807, 2.05) is 0 Å². The normalized spacial score (nSPS) is 19.3. The van der Waals surface area contributed by atoms with Crippen molar-refractivity contribution >= 4 is 24.8 Å². The Morgan fingerprint density at radius 2 is 1.70 bits per heavy atom. The van der Waals surface area contributed by atoms with Gasteiger partial charge in [-0.05, 0) is 30.5 Å². The highest BCUT2D eigenvalue weighted by Gasteiger charge is 2.15. The first-order valence-corrected chi connectivity index (χ1v) is 10.0. The van der Waals surface area contributed by atoms with Crippen LogP contribution in [0.3, 0.4) is 0 Å². The van der Waals surface area contributed by atoms with E-state index in [9.17, 15) is 0 Å². The van der Waals surface area contributed by atoms with Gasteiger partial charge in [-0.1, -0.05) is 38.2 Å². The van der Waals surface area contributed by atoms with Gasteiger partial charge in [0.15, 0.2) is 0 Å². The fraction of sp³-hybridized carbons (Fsp3) is 0.714. The minimum absolute atomic E-state index is 0. The number of hydrogen-bond acceptors (Lipinski definition) is 4. The zero-order chi connectivity index (χ0) is 17.3. The van der Waals surface area contributed by atoms with Gasteiger partial charge in [-0.25, -0.2) is 0 Å². The maximum Gasteiger partial charge on any atom is 0.123 e. The van der Waals surface area contributed by atoms with Crippen LogP contribution in [0.4, 0.5) is 0 Å². The lowest BCUT2D eigenvalue weighted by atomic mass is 9.96. The van der Waals surface area contributed by atoms with Crippen molar-refractivity contribution in [1.82, 2.24) is 10.2 Å². The second-order valence-electron chi connectivity index (χ2n) is 7.46. The monoisotopic (exact) mass is 418 g/mol. The van der Waals surface area contributed by atoms with Crippen molar-refractivity contribution in [2.24, 2.45) is 0 Å². The van der Waals surface area contributed by atoms with Gasteiger partial charge >= 0.3 is 0 Å². The van der Waals surface area contributed by atoms with Gasteiger partial charge in [0.2, 0.25) is 0 Å². The number of nitrogens with zero attached hydrogens (tertiary/aromatic N) is 1. The average Bonchev–Trinajstić information content (AvgIpc) is 2.62. The molecule has 1 N–H and O–H groups in total. The molecule has 27 heavy (non-hydrogen) atoms. The molecule has 0 spiro atoms. The van der Waals surface area contributed by atoms with Crippen LogP contribution in [0.5, 0.6) is 5.75 Å². The van der Waals surface area contributed by atoms with Gasteiger partial charge in [-0.3, -0.25) is 4.90 Å². The molecule has 2 aliphatic rings. The minimum Gasteiger partial charge on any atom is -0.496 e. The molecule has 1 aromatic carbocycles. The molecule has 1 heterocycles. The summed E-state index contributed by atoms with van der Waals surface area (Å²) in [6.45, 7) is 5.60. The number of methoxy groups -OCH3 is 1. The lowest BCUT2D eigenvalue weighted by molar-refractivity contribution is 0.0339. The molecule has 1 saturated heterocycles. The first-order valence-electron chi connectivity index (χ1n) is 10.0. The number of benzene rings is 1. The lowest BCUT2D eigenvalue weighted by Gasteiger charge is -2.27. The van der Waals surface area contributed by atoms with Gasteiger partial charge in [0.05, 0.1) is 20.3 Å². The van der Waals surface area contributed by atoms with E-state index in [0.717, 1.165) is 45.1 Å². The van der Waals surface area contributed by atoms with E-state index in [0.29, 0.717) is 6.04 Å². The highest BCUT2D eigenvalue weighted by molar-refractivity contribution is 5.85. The van der Waals surface area contributed by atoms with E-state index >= 15 is 0 Å². The number of rotatable bonds is 6. The molecule has 0 amide bonds. The van der Waals surface area contributed by atoms with E-state index in [2.05, 4.69) is 28.4 Å². The van der Waals surface area contributed by atoms with Crippen molar-refractivity contribution in [3.63, 3.8) is 0 Å². The van der Waals surface area contributed by atoms with Crippen LogP contribution in [-0.2, 0) is 17.8 Å². The molecule has 1 aliphatic carbocycles. The van der Waals surface area contributed by atoms with Crippen molar-refractivity contribution in [2.45, 2.75) is 64.1 Å². The van der Waals surface area contributed by atoms with Crippen LogP contribution in [0.15, 0.2) is 18.2 Å². The Morgan fingerprint density at radius 1 is 1.04 bits per heavy atom. The van der Waals surface area contributed by atoms with E-state index in [1.165, 1.54) is 56.1 Å². The van der Waals surface area contributed by atoms with Crippen LogP contribution >= 0.6 is 24.8 Å². The van der Waals surface area contributed by atoms with Gasteiger partial charge in [-0.15, -0.1) is 24.8 Å². The third kappa shape index (κ3) is 8.16. The molecule has 1 aromatic rings. The molecule has 4 nitrogen and oxygen atoms in total. The first kappa shape index (κ1) is 24.5. The predicted molar refractivity (Wildman–Crippen MR) is 117 cm³/mol. The molecule has 156 valence electrons. The second kappa shape index (κ2) is 13.6. The first-order chi connectivity index (χ1) is 12.3. The Balaban J connectivity index is 0.00000182. The van der Waals surface area contributed by atoms with Crippen LogP contribution in [0.1, 0.15) is 56.1 Å². The van der Waals surface area contributed by atoms with Gasteiger partial charge in [0.1, 0.15) is 5.75 Å². The summed E-state index contributed by atoms with van der Waals surface area (Å²) in [4.78, 5) is 2.45. The van der Waals surface area contributed by atoms with Gasteiger partial charge in [-0.2, -0.15) is 0 Å². The van der Waals surface area contributed by atoms with Gasteiger partial charge in [0.25, 0.3) is 0 Å². The Kier molecular flexibility index (Phi) is 12.4. The Labute approximate surface area is 177 Å². The van der Waals surface area contributed by atoms with Crippen LogP contribution in [0, 0.1) is 0 Å². The van der Waals surface area contributed by atoms with E-state index in [4.69, 9.17) is 9.47 Å².